The molecule has 0 aliphatic heterocycles. The largest absolute Gasteiger partial charge is 0.198 e. The lowest BCUT2D eigenvalue weighted by Crippen LogP contribution is -2.08. The molecule has 2 aromatic carbocycles. The summed E-state index contributed by atoms with van der Waals surface area (Å²) in [4.78, 5) is 0. The van der Waals surface area contributed by atoms with Gasteiger partial charge in [0.2, 0.25) is 0 Å². The lowest BCUT2D eigenvalue weighted by Gasteiger charge is -2.26. The standard InChI is InChI=1S/C24H25N/c1-2-3-6-18-9-10-19(15-16-25)24-21(18)13-14-22-20-8-5-4-7-17(20)11-12-23(22)24/h5,8-10,13-14H,2-4,6-7,11-12,15H2,1H3. The molecule has 0 amide bonds. The molecule has 2 aromatic rings. The number of unbranched alkanes of at least 4 members (excludes halogenated alkanes) is 1. The fourth-order valence-corrected chi connectivity index (χ4v) is 4.51. The quantitative estimate of drug-likeness (QED) is 0.646. The summed E-state index contributed by atoms with van der Waals surface area (Å²) in [5, 5.41) is 12.1. The van der Waals surface area contributed by atoms with Gasteiger partial charge in [-0.25, -0.2) is 0 Å². The van der Waals surface area contributed by atoms with Crippen molar-refractivity contribution in [2.24, 2.45) is 0 Å². The summed E-state index contributed by atoms with van der Waals surface area (Å²) in [5.74, 6) is 0. The average Bonchev–Trinajstić information content (AvgIpc) is 2.66. The lowest BCUT2D eigenvalue weighted by atomic mass is 9.78. The van der Waals surface area contributed by atoms with E-state index in [1.54, 1.807) is 5.57 Å². The van der Waals surface area contributed by atoms with E-state index in [1.165, 1.54) is 70.7 Å². The number of rotatable bonds is 4. The van der Waals surface area contributed by atoms with Crippen LogP contribution < -0.4 is 0 Å². The van der Waals surface area contributed by atoms with Crippen molar-refractivity contribution in [3.05, 3.63) is 64.2 Å². The number of allylic oxidation sites excluding steroid dienone is 4. The van der Waals surface area contributed by atoms with E-state index in [0.29, 0.717) is 6.42 Å². The summed E-state index contributed by atoms with van der Waals surface area (Å²) in [6.45, 7) is 2.25. The van der Waals surface area contributed by atoms with Crippen molar-refractivity contribution in [3.63, 3.8) is 0 Å². The van der Waals surface area contributed by atoms with Crippen molar-refractivity contribution >= 4 is 16.3 Å². The van der Waals surface area contributed by atoms with Gasteiger partial charge in [-0.2, -0.15) is 5.26 Å². The third kappa shape index (κ3) is 2.81. The Morgan fingerprint density at radius 1 is 1.04 bits per heavy atom. The highest BCUT2D eigenvalue weighted by Gasteiger charge is 2.22. The van der Waals surface area contributed by atoms with E-state index in [0.717, 1.165) is 12.8 Å². The molecule has 0 saturated carbocycles. The highest BCUT2D eigenvalue weighted by atomic mass is 14.3. The van der Waals surface area contributed by atoms with E-state index >= 15 is 0 Å². The molecular formula is C24H25N. The van der Waals surface area contributed by atoms with Crippen LogP contribution in [-0.4, -0.2) is 0 Å². The first kappa shape index (κ1) is 16.2. The molecule has 0 fully saturated rings. The van der Waals surface area contributed by atoms with Gasteiger partial charge in [-0.3, -0.25) is 0 Å². The van der Waals surface area contributed by atoms with Crippen molar-refractivity contribution in [3.8, 4) is 6.07 Å². The summed E-state index contributed by atoms with van der Waals surface area (Å²) in [6, 6.07) is 11.5. The summed E-state index contributed by atoms with van der Waals surface area (Å²) >= 11 is 0. The molecule has 0 bridgehead atoms. The van der Waals surface area contributed by atoms with E-state index in [9.17, 15) is 5.26 Å². The van der Waals surface area contributed by atoms with Crippen LogP contribution in [0.1, 0.15) is 61.3 Å². The van der Waals surface area contributed by atoms with Crippen LogP contribution in [0.4, 0.5) is 0 Å². The third-order valence-electron chi connectivity index (χ3n) is 5.78. The Bertz CT molecular complexity index is 921. The highest BCUT2D eigenvalue weighted by molar-refractivity contribution is 5.97. The van der Waals surface area contributed by atoms with Gasteiger partial charge in [0.25, 0.3) is 0 Å². The topological polar surface area (TPSA) is 23.8 Å². The molecule has 1 heteroatoms. The Morgan fingerprint density at radius 2 is 1.92 bits per heavy atom. The minimum atomic E-state index is 0.503. The van der Waals surface area contributed by atoms with E-state index in [1.807, 2.05) is 0 Å². The Hall–Kier alpha value is -2.33. The number of nitrogens with zero attached hydrogens (tertiary/aromatic N) is 1. The first-order valence-electron chi connectivity index (χ1n) is 9.65. The number of fused-ring (bicyclic) bond motifs is 4. The molecule has 0 unspecified atom stereocenters. The first-order valence-corrected chi connectivity index (χ1v) is 9.65. The number of hydrogen-bond donors (Lipinski definition) is 0. The lowest BCUT2D eigenvalue weighted by molar-refractivity contribution is 0.798. The fraction of sp³-hybridized carbons (Fsp3) is 0.375. The van der Waals surface area contributed by atoms with Crippen molar-refractivity contribution in [2.45, 2.75) is 58.3 Å². The van der Waals surface area contributed by atoms with Gasteiger partial charge in [0.1, 0.15) is 0 Å². The molecule has 25 heavy (non-hydrogen) atoms. The summed E-state index contributed by atoms with van der Waals surface area (Å²) in [7, 11) is 0. The van der Waals surface area contributed by atoms with Gasteiger partial charge in [0, 0.05) is 0 Å². The monoisotopic (exact) mass is 327 g/mol. The summed E-state index contributed by atoms with van der Waals surface area (Å²) in [5.41, 5.74) is 8.62. The maximum atomic E-state index is 9.31. The number of benzene rings is 2. The predicted molar refractivity (Wildman–Crippen MR) is 105 cm³/mol. The zero-order valence-electron chi connectivity index (χ0n) is 15.1. The molecule has 2 aliphatic carbocycles. The maximum absolute atomic E-state index is 9.31. The number of aryl methyl sites for hydroxylation is 2. The van der Waals surface area contributed by atoms with Crippen LogP contribution in [0.15, 0.2) is 42.0 Å². The SMILES string of the molecule is CCCCc1ccc(CC#N)c2c3c(ccc12)C1=C(CCC=C1)CC3. The van der Waals surface area contributed by atoms with E-state index in [4.69, 9.17) is 0 Å². The minimum Gasteiger partial charge on any atom is -0.198 e. The van der Waals surface area contributed by atoms with E-state index in [-0.39, 0.29) is 0 Å². The van der Waals surface area contributed by atoms with Crippen LogP contribution in [0.25, 0.3) is 16.3 Å². The van der Waals surface area contributed by atoms with Gasteiger partial charge < -0.3 is 0 Å². The predicted octanol–water partition coefficient (Wildman–Crippen LogP) is 6.30. The Labute approximate surface area is 150 Å². The molecule has 0 saturated heterocycles. The molecule has 0 spiro atoms. The van der Waals surface area contributed by atoms with E-state index < -0.39 is 0 Å². The maximum Gasteiger partial charge on any atom is 0.0669 e. The number of hydrogen-bond acceptors (Lipinski definition) is 1. The van der Waals surface area contributed by atoms with Gasteiger partial charge in [0.15, 0.2) is 0 Å². The molecule has 1 nitrogen and oxygen atoms in total. The molecule has 2 aliphatic rings. The van der Waals surface area contributed by atoms with Crippen LogP contribution in [-0.2, 0) is 19.3 Å². The van der Waals surface area contributed by atoms with Crippen molar-refractivity contribution in [1.29, 1.82) is 5.26 Å². The Kier molecular flexibility index (Phi) is 4.45. The molecule has 0 heterocycles. The van der Waals surface area contributed by atoms with Gasteiger partial charge in [-0.15, -0.1) is 0 Å². The second-order valence-electron chi connectivity index (χ2n) is 7.29. The third-order valence-corrected chi connectivity index (χ3v) is 5.78. The van der Waals surface area contributed by atoms with Crippen molar-refractivity contribution < 1.29 is 0 Å². The molecule has 0 N–H and O–H groups in total. The molecular weight excluding hydrogens is 302 g/mol. The Balaban J connectivity index is 1.95. The molecule has 0 atom stereocenters. The van der Waals surface area contributed by atoms with Crippen LogP contribution in [0.2, 0.25) is 0 Å². The fourth-order valence-electron chi connectivity index (χ4n) is 4.51. The Morgan fingerprint density at radius 3 is 2.76 bits per heavy atom. The first-order chi connectivity index (χ1) is 12.3. The van der Waals surface area contributed by atoms with Crippen molar-refractivity contribution in [1.82, 2.24) is 0 Å². The van der Waals surface area contributed by atoms with Gasteiger partial charge >= 0.3 is 0 Å². The van der Waals surface area contributed by atoms with Crippen LogP contribution >= 0.6 is 0 Å². The van der Waals surface area contributed by atoms with Crippen molar-refractivity contribution in [2.75, 3.05) is 0 Å². The summed E-state index contributed by atoms with van der Waals surface area (Å²) < 4.78 is 0. The molecule has 0 radical (unpaired) electrons. The van der Waals surface area contributed by atoms with E-state index in [2.05, 4.69) is 49.4 Å². The zero-order valence-corrected chi connectivity index (χ0v) is 15.1. The molecule has 4 rings (SSSR count). The second-order valence-corrected chi connectivity index (χ2v) is 7.29. The highest BCUT2D eigenvalue weighted by Crippen LogP contribution is 2.41. The van der Waals surface area contributed by atoms with Gasteiger partial charge in [0.05, 0.1) is 12.5 Å². The van der Waals surface area contributed by atoms with Crippen LogP contribution in [0.3, 0.4) is 0 Å². The molecule has 126 valence electrons. The second kappa shape index (κ2) is 6.89. The minimum absolute atomic E-state index is 0.503. The van der Waals surface area contributed by atoms with Gasteiger partial charge in [-0.1, -0.05) is 55.3 Å². The average molecular weight is 327 g/mol. The van der Waals surface area contributed by atoms with Crippen LogP contribution in [0, 0.1) is 11.3 Å². The van der Waals surface area contributed by atoms with Crippen LogP contribution in [0.5, 0.6) is 0 Å². The zero-order chi connectivity index (χ0) is 17.2. The number of nitriles is 1. The summed E-state index contributed by atoms with van der Waals surface area (Å²) in [6.07, 6.45) is 13.4. The molecule has 0 aromatic heterocycles. The normalized spacial score (nSPS) is 15.8. The smallest absolute Gasteiger partial charge is 0.0669 e. The van der Waals surface area contributed by atoms with Gasteiger partial charge in [-0.05, 0) is 77.1 Å².